The van der Waals surface area contributed by atoms with Gasteiger partial charge in [0, 0.05) is 36.2 Å². The number of carbonyl (C=O) groups excluding carboxylic acids is 1. The molecule has 0 bridgehead atoms. The van der Waals surface area contributed by atoms with Crippen molar-refractivity contribution in [1.29, 1.82) is 0 Å². The number of hydrogen-bond acceptors (Lipinski definition) is 6. The highest BCUT2D eigenvalue weighted by molar-refractivity contribution is 5.90. The molecule has 150 valence electrons. The van der Waals surface area contributed by atoms with Crippen LogP contribution in [0.25, 0.3) is 11.4 Å². The minimum Gasteiger partial charge on any atom is -0.339 e. The molecule has 3 rings (SSSR count). The van der Waals surface area contributed by atoms with Gasteiger partial charge in [0.15, 0.2) is 0 Å². The van der Waals surface area contributed by atoms with E-state index in [9.17, 15) is 14.9 Å². The summed E-state index contributed by atoms with van der Waals surface area (Å²) in [5.41, 5.74) is 2.59. The fourth-order valence-corrected chi connectivity index (χ4v) is 2.70. The normalized spacial score (nSPS) is 11.3. The van der Waals surface area contributed by atoms with Gasteiger partial charge in [-0.2, -0.15) is 4.98 Å². The van der Waals surface area contributed by atoms with Crippen LogP contribution in [0.3, 0.4) is 0 Å². The highest BCUT2D eigenvalue weighted by atomic mass is 16.6. The fraction of sp³-hybridized carbons (Fsp3) is 0.286. The molecule has 0 spiro atoms. The Morgan fingerprint density at radius 2 is 1.76 bits per heavy atom. The molecular formula is C21H22N4O4. The van der Waals surface area contributed by atoms with E-state index in [1.807, 2.05) is 24.3 Å². The standard InChI is InChI=1S/C21H22N4O4/c1-21(2,3)15-6-4-14(5-7-15)20-23-19(29-24-20)13-12-18(26)22-16-8-10-17(11-9-16)25(27)28/h4-11H,12-13H2,1-3H3,(H,22,26). The van der Waals surface area contributed by atoms with Gasteiger partial charge in [-0.3, -0.25) is 14.9 Å². The number of aryl methyl sites for hydroxylation is 1. The molecule has 2 aromatic carbocycles. The summed E-state index contributed by atoms with van der Waals surface area (Å²) >= 11 is 0. The minimum atomic E-state index is -0.491. The van der Waals surface area contributed by atoms with Crippen molar-refractivity contribution in [3.05, 3.63) is 70.1 Å². The molecular weight excluding hydrogens is 372 g/mol. The molecule has 1 aromatic heterocycles. The monoisotopic (exact) mass is 394 g/mol. The summed E-state index contributed by atoms with van der Waals surface area (Å²) in [4.78, 5) is 26.6. The van der Waals surface area contributed by atoms with Crippen LogP contribution in [0.15, 0.2) is 53.1 Å². The number of rotatable bonds is 6. The molecule has 29 heavy (non-hydrogen) atoms. The molecule has 0 unspecified atom stereocenters. The molecule has 1 amide bonds. The summed E-state index contributed by atoms with van der Waals surface area (Å²) < 4.78 is 5.24. The zero-order valence-corrected chi connectivity index (χ0v) is 16.5. The topological polar surface area (TPSA) is 111 Å². The van der Waals surface area contributed by atoms with Crippen molar-refractivity contribution in [3.8, 4) is 11.4 Å². The maximum atomic E-state index is 12.1. The summed E-state index contributed by atoms with van der Waals surface area (Å²) in [7, 11) is 0. The van der Waals surface area contributed by atoms with Gasteiger partial charge in [-0.05, 0) is 23.1 Å². The Hall–Kier alpha value is -3.55. The number of nitro benzene ring substituents is 1. The number of amides is 1. The van der Waals surface area contributed by atoms with Gasteiger partial charge in [0.1, 0.15) is 0 Å². The SMILES string of the molecule is CC(C)(C)c1ccc(-c2noc(CCC(=O)Nc3ccc([N+](=O)[O-])cc3)n2)cc1. The first-order valence-corrected chi connectivity index (χ1v) is 9.20. The quantitative estimate of drug-likeness (QED) is 0.486. The van der Waals surface area contributed by atoms with Crippen LogP contribution >= 0.6 is 0 Å². The number of nitrogens with zero attached hydrogens (tertiary/aromatic N) is 3. The molecule has 1 heterocycles. The van der Waals surface area contributed by atoms with Crippen LogP contribution in [0, 0.1) is 10.1 Å². The fourth-order valence-electron chi connectivity index (χ4n) is 2.70. The molecule has 0 saturated heterocycles. The van der Waals surface area contributed by atoms with E-state index >= 15 is 0 Å². The highest BCUT2D eigenvalue weighted by Crippen LogP contribution is 2.25. The van der Waals surface area contributed by atoms with Gasteiger partial charge >= 0.3 is 0 Å². The zero-order chi connectivity index (χ0) is 21.0. The maximum absolute atomic E-state index is 12.1. The number of carbonyl (C=O) groups is 1. The lowest BCUT2D eigenvalue weighted by Crippen LogP contribution is -2.12. The highest BCUT2D eigenvalue weighted by Gasteiger charge is 2.15. The number of hydrogen-bond donors (Lipinski definition) is 1. The Bertz CT molecular complexity index is 1000. The minimum absolute atomic E-state index is 0.0306. The van der Waals surface area contributed by atoms with E-state index < -0.39 is 4.92 Å². The van der Waals surface area contributed by atoms with Crippen molar-refractivity contribution < 1.29 is 14.2 Å². The molecule has 0 atom stereocenters. The van der Waals surface area contributed by atoms with E-state index in [4.69, 9.17) is 4.52 Å². The Labute approximate surface area is 168 Å². The van der Waals surface area contributed by atoms with E-state index in [1.54, 1.807) is 0 Å². The van der Waals surface area contributed by atoms with E-state index in [2.05, 4.69) is 36.2 Å². The Balaban J connectivity index is 1.56. The molecule has 3 aromatic rings. The summed E-state index contributed by atoms with van der Waals surface area (Å²) in [5.74, 6) is 0.614. The largest absolute Gasteiger partial charge is 0.339 e. The van der Waals surface area contributed by atoms with Gasteiger partial charge in [-0.1, -0.05) is 50.2 Å². The first-order chi connectivity index (χ1) is 13.7. The molecule has 1 N–H and O–H groups in total. The molecule has 0 aliphatic carbocycles. The van der Waals surface area contributed by atoms with Crippen LogP contribution < -0.4 is 5.32 Å². The average molecular weight is 394 g/mol. The van der Waals surface area contributed by atoms with E-state index in [1.165, 1.54) is 29.8 Å². The van der Waals surface area contributed by atoms with E-state index in [0.717, 1.165) is 5.56 Å². The van der Waals surface area contributed by atoms with Gasteiger partial charge in [-0.15, -0.1) is 0 Å². The Morgan fingerprint density at radius 3 is 2.34 bits per heavy atom. The first-order valence-electron chi connectivity index (χ1n) is 9.20. The number of benzene rings is 2. The average Bonchev–Trinajstić information content (AvgIpc) is 3.15. The maximum Gasteiger partial charge on any atom is 0.269 e. The van der Waals surface area contributed by atoms with Gasteiger partial charge in [-0.25, -0.2) is 0 Å². The van der Waals surface area contributed by atoms with Crippen LogP contribution in [0.2, 0.25) is 0 Å². The third kappa shape index (κ3) is 5.25. The van der Waals surface area contributed by atoms with Crippen molar-refractivity contribution in [2.45, 2.75) is 39.0 Å². The van der Waals surface area contributed by atoms with Crippen LogP contribution in [0.5, 0.6) is 0 Å². The van der Waals surface area contributed by atoms with Crippen molar-refractivity contribution in [2.75, 3.05) is 5.32 Å². The number of nitrogens with one attached hydrogen (secondary N) is 1. The number of non-ortho nitro benzene ring substituents is 1. The van der Waals surface area contributed by atoms with E-state index in [-0.39, 0.29) is 23.4 Å². The molecule has 8 heteroatoms. The van der Waals surface area contributed by atoms with Gasteiger partial charge in [0.2, 0.25) is 17.6 Å². The van der Waals surface area contributed by atoms with Crippen molar-refractivity contribution in [2.24, 2.45) is 0 Å². The van der Waals surface area contributed by atoms with Crippen LogP contribution in [-0.4, -0.2) is 21.0 Å². The van der Waals surface area contributed by atoms with E-state index in [0.29, 0.717) is 23.8 Å². The second-order valence-electron chi connectivity index (χ2n) is 7.69. The second-order valence-corrected chi connectivity index (χ2v) is 7.69. The lowest BCUT2D eigenvalue weighted by atomic mass is 9.87. The summed E-state index contributed by atoms with van der Waals surface area (Å²) in [5, 5.41) is 17.3. The first kappa shape index (κ1) is 20.2. The molecule has 8 nitrogen and oxygen atoms in total. The van der Waals surface area contributed by atoms with Crippen molar-refractivity contribution in [1.82, 2.24) is 10.1 Å². The van der Waals surface area contributed by atoms with Gasteiger partial charge < -0.3 is 9.84 Å². The van der Waals surface area contributed by atoms with Gasteiger partial charge in [0.25, 0.3) is 5.69 Å². The Morgan fingerprint density at radius 1 is 1.10 bits per heavy atom. The molecule has 0 aliphatic heterocycles. The van der Waals surface area contributed by atoms with Crippen LogP contribution in [0.1, 0.15) is 38.6 Å². The molecule has 0 saturated carbocycles. The van der Waals surface area contributed by atoms with Gasteiger partial charge in [0.05, 0.1) is 4.92 Å². The molecule has 0 aliphatic rings. The smallest absolute Gasteiger partial charge is 0.269 e. The van der Waals surface area contributed by atoms with Crippen LogP contribution in [-0.2, 0) is 16.6 Å². The molecule has 0 radical (unpaired) electrons. The predicted octanol–water partition coefficient (Wildman–Crippen LogP) is 4.51. The number of aromatic nitrogens is 2. The Kier molecular flexibility index (Phi) is 5.72. The number of nitro groups is 1. The predicted molar refractivity (Wildman–Crippen MR) is 108 cm³/mol. The second kappa shape index (κ2) is 8.22. The lowest BCUT2D eigenvalue weighted by molar-refractivity contribution is -0.384. The molecule has 0 fully saturated rings. The zero-order valence-electron chi connectivity index (χ0n) is 16.5. The summed E-state index contributed by atoms with van der Waals surface area (Å²) in [6.07, 6.45) is 0.452. The van der Waals surface area contributed by atoms with Crippen LogP contribution in [0.4, 0.5) is 11.4 Å². The lowest BCUT2D eigenvalue weighted by Gasteiger charge is -2.18. The summed E-state index contributed by atoms with van der Waals surface area (Å²) in [6, 6.07) is 13.7. The summed E-state index contributed by atoms with van der Waals surface area (Å²) in [6.45, 7) is 6.45. The third-order valence-corrected chi connectivity index (χ3v) is 4.41. The van der Waals surface area contributed by atoms with Crippen molar-refractivity contribution >= 4 is 17.3 Å². The van der Waals surface area contributed by atoms with Crippen molar-refractivity contribution in [3.63, 3.8) is 0 Å². The third-order valence-electron chi connectivity index (χ3n) is 4.41. The number of anilines is 1.